The van der Waals surface area contributed by atoms with Crippen molar-refractivity contribution in [1.82, 2.24) is 15.6 Å². The van der Waals surface area contributed by atoms with Crippen molar-refractivity contribution in [2.75, 3.05) is 5.32 Å². The number of hydrogen-bond acceptors (Lipinski definition) is 5. The lowest BCUT2D eigenvalue weighted by Crippen LogP contribution is -2.44. The van der Waals surface area contributed by atoms with Gasteiger partial charge in [0.1, 0.15) is 11.7 Å². The SMILES string of the molecule is Cc1cccc(Nc2nc(C(=O)N[C@@H](C)C(=O)NCc3cccc(C(F)(F)F)c3)cs2)c1. The lowest BCUT2D eigenvalue weighted by Gasteiger charge is -2.14. The van der Waals surface area contributed by atoms with Crippen LogP contribution in [-0.2, 0) is 17.5 Å². The Labute approximate surface area is 186 Å². The van der Waals surface area contributed by atoms with Gasteiger partial charge in [0.15, 0.2) is 5.13 Å². The van der Waals surface area contributed by atoms with E-state index in [1.165, 1.54) is 30.4 Å². The van der Waals surface area contributed by atoms with E-state index in [4.69, 9.17) is 0 Å². The van der Waals surface area contributed by atoms with Crippen LogP contribution in [0.25, 0.3) is 0 Å². The molecule has 32 heavy (non-hydrogen) atoms. The van der Waals surface area contributed by atoms with Gasteiger partial charge in [-0.3, -0.25) is 9.59 Å². The number of thiazole rings is 1. The molecule has 0 fully saturated rings. The number of hydrogen-bond donors (Lipinski definition) is 3. The molecule has 1 heterocycles. The molecule has 1 atom stereocenters. The van der Waals surface area contributed by atoms with Crippen LogP contribution in [0.1, 0.15) is 34.1 Å². The van der Waals surface area contributed by atoms with Crippen LogP contribution in [0.5, 0.6) is 0 Å². The highest BCUT2D eigenvalue weighted by Gasteiger charge is 2.30. The summed E-state index contributed by atoms with van der Waals surface area (Å²) in [5.74, 6) is -1.05. The minimum absolute atomic E-state index is 0.0930. The molecule has 3 N–H and O–H groups in total. The molecule has 2 aromatic carbocycles. The molecule has 0 unspecified atom stereocenters. The molecule has 0 bridgehead atoms. The van der Waals surface area contributed by atoms with Gasteiger partial charge in [0, 0.05) is 17.6 Å². The molecule has 3 aromatic rings. The Morgan fingerprint density at radius 2 is 1.88 bits per heavy atom. The Balaban J connectivity index is 1.53. The van der Waals surface area contributed by atoms with Crippen LogP contribution in [-0.4, -0.2) is 22.8 Å². The third kappa shape index (κ3) is 6.30. The van der Waals surface area contributed by atoms with E-state index in [-0.39, 0.29) is 12.2 Å². The molecule has 0 aliphatic rings. The minimum atomic E-state index is -4.46. The summed E-state index contributed by atoms with van der Waals surface area (Å²) < 4.78 is 38.4. The van der Waals surface area contributed by atoms with E-state index >= 15 is 0 Å². The monoisotopic (exact) mass is 462 g/mol. The summed E-state index contributed by atoms with van der Waals surface area (Å²) in [5.41, 5.74) is 1.59. The summed E-state index contributed by atoms with van der Waals surface area (Å²) in [6.45, 7) is 3.35. The Kier molecular flexibility index (Phi) is 7.14. The summed E-state index contributed by atoms with van der Waals surface area (Å²) >= 11 is 1.25. The summed E-state index contributed by atoms with van der Waals surface area (Å²) in [6, 6.07) is 11.5. The Bertz CT molecular complexity index is 1110. The average Bonchev–Trinajstić information content (AvgIpc) is 3.20. The maximum absolute atomic E-state index is 12.8. The highest BCUT2D eigenvalue weighted by molar-refractivity contribution is 7.14. The smallest absolute Gasteiger partial charge is 0.350 e. The van der Waals surface area contributed by atoms with Gasteiger partial charge in [-0.05, 0) is 49.2 Å². The van der Waals surface area contributed by atoms with E-state index in [1.54, 1.807) is 5.38 Å². The predicted molar refractivity (Wildman–Crippen MR) is 117 cm³/mol. The van der Waals surface area contributed by atoms with E-state index in [9.17, 15) is 22.8 Å². The molecule has 3 rings (SSSR count). The summed E-state index contributed by atoms with van der Waals surface area (Å²) in [6.07, 6.45) is -4.46. The molecule has 0 radical (unpaired) electrons. The first kappa shape index (κ1) is 23.3. The quantitative estimate of drug-likeness (QED) is 0.477. The third-order valence-corrected chi connectivity index (χ3v) is 5.23. The van der Waals surface area contributed by atoms with Crippen LogP contribution in [0.4, 0.5) is 24.0 Å². The van der Waals surface area contributed by atoms with Crippen molar-refractivity contribution >= 4 is 34.0 Å². The molecule has 0 saturated carbocycles. The molecular formula is C22H21F3N4O2S. The van der Waals surface area contributed by atoms with E-state index in [0.717, 1.165) is 23.4 Å². The molecule has 10 heteroatoms. The first-order valence-electron chi connectivity index (χ1n) is 9.66. The number of nitrogens with one attached hydrogen (secondary N) is 3. The van der Waals surface area contributed by atoms with Gasteiger partial charge >= 0.3 is 6.18 Å². The van der Waals surface area contributed by atoms with Crippen LogP contribution in [0.2, 0.25) is 0 Å². The van der Waals surface area contributed by atoms with Gasteiger partial charge in [-0.25, -0.2) is 4.98 Å². The fourth-order valence-corrected chi connectivity index (χ4v) is 3.53. The van der Waals surface area contributed by atoms with Crippen molar-refractivity contribution < 1.29 is 22.8 Å². The number of halogens is 3. The molecule has 2 amide bonds. The standard InChI is InChI=1S/C22H21F3N4O2S/c1-13-5-3-8-17(9-13)28-21-29-18(12-32-21)20(31)27-14(2)19(30)26-11-15-6-4-7-16(10-15)22(23,24)25/h3-10,12,14H,11H2,1-2H3,(H,26,30)(H,27,31)(H,28,29)/t14-/m0/s1. The van der Waals surface area contributed by atoms with Crippen molar-refractivity contribution in [3.8, 4) is 0 Å². The first-order chi connectivity index (χ1) is 15.1. The third-order valence-electron chi connectivity index (χ3n) is 4.47. The van der Waals surface area contributed by atoms with Gasteiger partial charge in [-0.2, -0.15) is 13.2 Å². The second-order valence-corrected chi connectivity index (χ2v) is 8.00. The van der Waals surface area contributed by atoms with Crippen molar-refractivity contribution in [2.45, 2.75) is 32.6 Å². The number of aryl methyl sites for hydroxylation is 1. The Morgan fingerprint density at radius 1 is 1.12 bits per heavy atom. The second kappa shape index (κ2) is 9.82. The first-order valence-corrected chi connectivity index (χ1v) is 10.5. The summed E-state index contributed by atoms with van der Waals surface area (Å²) in [5, 5.41) is 10.3. The van der Waals surface area contributed by atoms with Gasteiger partial charge in [0.25, 0.3) is 5.91 Å². The summed E-state index contributed by atoms with van der Waals surface area (Å²) in [7, 11) is 0. The fourth-order valence-electron chi connectivity index (χ4n) is 2.82. The molecule has 0 spiro atoms. The van der Waals surface area contributed by atoms with Crippen LogP contribution in [0.3, 0.4) is 0 Å². The Hall–Kier alpha value is -3.40. The Morgan fingerprint density at radius 3 is 2.59 bits per heavy atom. The summed E-state index contributed by atoms with van der Waals surface area (Å²) in [4.78, 5) is 28.9. The second-order valence-electron chi connectivity index (χ2n) is 7.14. The van der Waals surface area contributed by atoms with Crippen molar-refractivity contribution in [3.05, 3.63) is 76.3 Å². The van der Waals surface area contributed by atoms with Crippen LogP contribution < -0.4 is 16.0 Å². The molecule has 0 saturated heterocycles. The lowest BCUT2D eigenvalue weighted by molar-refractivity contribution is -0.137. The number of rotatable bonds is 7. The van der Waals surface area contributed by atoms with Gasteiger partial charge in [-0.1, -0.05) is 24.3 Å². The molecule has 168 valence electrons. The number of alkyl halides is 3. The number of amides is 2. The zero-order valence-electron chi connectivity index (χ0n) is 17.3. The average molecular weight is 462 g/mol. The number of aromatic nitrogens is 1. The lowest BCUT2D eigenvalue weighted by atomic mass is 10.1. The maximum atomic E-state index is 12.8. The van der Waals surface area contributed by atoms with Crippen LogP contribution in [0.15, 0.2) is 53.9 Å². The molecular weight excluding hydrogens is 441 g/mol. The predicted octanol–water partition coefficient (Wildman–Crippen LogP) is 4.65. The normalized spacial score (nSPS) is 12.2. The van der Waals surface area contributed by atoms with E-state index in [1.807, 2.05) is 31.2 Å². The van der Waals surface area contributed by atoms with E-state index in [0.29, 0.717) is 10.7 Å². The maximum Gasteiger partial charge on any atom is 0.416 e. The largest absolute Gasteiger partial charge is 0.416 e. The van der Waals surface area contributed by atoms with Gasteiger partial charge in [0.2, 0.25) is 5.91 Å². The fraction of sp³-hybridized carbons (Fsp3) is 0.227. The van der Waals surface area contributed by atoms with Gasteiger partial charge in [0.05, 0.1) is 5.56 Å². The number of benzene rings is 2. The molecule has 1 aromatic heterocycles. The topological polar surface area (TPSA) is 83.1 Å². The molecule has 0 aliphatic heterocycles. The van der Waals surface area contributed by atoms with Crippen LogP contribution >= 0.6 is 11.3 Å². The number of anilines is 2. The zero-order chi connectivity index (χ0) is 23.3. The molecule has 6 nitrogen and oxygen atoms in total. The van der Waals surface area contributed by atoms with Crippen molar-refractivity contribution in [3.63, 3.8) is 0 Å². The number of carbonyl (C=O) groups excluding carboxylic acids is 2. The van der Waals surface area contributed by atoms with Crippen molar-refractivity contribution in [1.29, 1.82) is 0 Å². The molecule has 0 aliphatic carbocycles. The van der Waals surface area contributed by atoms with E-state index in [2.05, 4.69) is 20.9 Å². The van der Waals surface area contributed by atoms with Crippen molar-refractivity contribution in [2.24, 2.45) is 0 Å². The van der Waals surface area contributed by atoms with Crippen LogP contribution in [0, 0.1) is 6.92 Å². The van der Waals surface area contributed by atoms with E-state index < -0.39 is 29.6 Å². The highest BCUT2D eigenvalue weighted by atomic mass is 32.1. The zero-order valence-corrected chi connectivity index (χ0v) is 18.1. The van der Waals surface area contributed by atoms with Gasteiger partial charge < -0.3 is 16.0 Å². The highest BCUT2D eigenvalue weighted by Crippen LogP contribution is 2.29. The van der Waals surface area contributed by atoms with Gasteiger partial charge in [-0.15, -0.1) is 11.3 Å². The number of nitrogens with zero attached hydrogens (tertiary/aromatic N) is 1. The minimum Gasteiger partial charge on any atom is -0.350 e. The number of carbonyl (C=O) groups is 2.